The molecule has 0 aromatic heterocycles. The number of carbonyl (C=O) groups excluding carboxylic acids is 1. The summed E-state index contributed by atoms with van der Waals surface area (Å²) in [5.74, 6) is 0.0350. The van der Waals surface area contributed by atoms with Crippen molar-refractivity contribution in [2.24, 2.45) is 0 Å². The Balaban J connectivity index is 3.97. The van der Waals surface area contributed by atoms with Crippen molar-refractivity contribution < 1.29 is 14.6 Å². The molecule has 0 saturated carbocycles. The van der Waals surface area contributed by atoms with Gasteiger partial charge in [-0.25, -0.2) is 0 Å². The van der Waals surface area contributed by atoms with E-state index in [4.69, 9.17) is 9.84 Å². The number of amides is 1. The number of nitrogens with zero attached hydrogens (tertiary/aromatic N) is 1. The van der Waals surface area contributed by atoms with E-state index in [9.17, 15) is 4.79 Å². The summed E-state index contributed by atoms with van der Waals surface area (Å²) in [6.45, 7) is 6.91. The van der Waals surface area contributed by atoms with Crippen molar-refractivity contribution in [3.05, 3.63) is 12.7 Å². The van der Waals surface area contributed by atoms with Crippen molar-refractivity contribution >= 4 is 5.91 Å². The van der Waals surface area contributed by atoms with Crippen molar-refractivity contribution in [2.75, 3.05) is 26.8 Å². The number of carbonyl (C=O) groups is 1. The summed E-state index contributed by atoms with van der Waals surface area (Å²) >= 11 is 0. The number of hydrogen-bond donors (Lipinski definition) is 1. The van der Waals surface area contributed by atoms with Gasteiger partial charge in [0.25, 0.3) is 0 Å². The second-order valence-electron chi connectivity index (χ2n) is 3.51. The van der Waals surface area contributed by atoms with Gasteiger partial charge in [-0.05, 0) is 13.3 Å². The molecule has 0 bridgehead atoms. The maximum absolute atomic E-state index is 11.7. The zero-order chi connectivity index (χ0) is 11.7. The van der Waals surface area contributed by atoms with Gasteiger partial charge in [0, 0.05) is 26.6 Å². The molecule has 0 rings (SSSR count). The van der Waals surface area contributed by atoms with Crippen LogP contribution < -0.4 is 0 Å². The number of aliphatic hydroxyl groups is 1. The summed E-state index contributed by atoms with van der Waals surface area (Å²) in [6, 6.07) is 0. The van der Waals surface area contributed by atoms with Crippen molar-refractivity contribution in [2.45, 2.75) is 25.9 Å². The predicted octanol–water partition coefficient (Wildman–Crippen LogP) is 0.808. The molecule has 0 saturated heterocycles. The second kappa shape index (κ2) is 8.44. The molecule has 0 aromatic rings. The molecule has 0 aromatic carbocycles. The topological polar surface area (TPSA) is 49.8 Å². The summed E-state index contributed by atoms with van der Waals surface area (Å²) in [7, 11) is 1.60. The van der Waals surface area contributed by atoms with Gasteiger partial charge in [0.15, 0.2) is 0 Å². The van der Waals surface area contributed by atoms with E-state index in [1.54, 1.807) is 25.0 Å². The van der Waals surface area contributed by atoms with Crippen LogP contribution in [-0.2, 0) is 9.53 Å². The molecule has 1 unspecified atom stereocenters. The molecule has 0 fully saturated rings. The van der Waals surface area contributed by atoms with Crippen molar-refractivity contribution in [3.63, 3.8) is 0 Å². The summed E-state index contributed by atoms with van der Waals surface area (Å²) in [4.78, 5) is 13.3. The highest BCUT2D eigenvalue weighted by atomic mass is 16.5. The van der Waals surface area contributed by atoms with Crippen molar-refractivity contribution in [1.29, 1.82) is 0 Å². The first kappa shape index (κ1) is 14.1. The summed E-state index contributed by atoms with van der Waals surface area (Å²) in [5, 5.41) is 9.07. The molecule has 1 N–H and O–H groups in total. The minimum Gasteiger partial charge on any atom is -0.393 e. The summed E-state index contributed by atoms with van der Waals surface area (Å²) in [5.41, 5.74) is 0. The first-order chi connectivity index (χ1) is 7.11. The van der Waals surface area contributed by atoms with Crippen LogP contribution >= 0.6 is 0 Å². The molecule has 4 nitrogen and oxygen atoms in total. The van der Waals surface area contributed by atoms with Gasteiger partial charge in [-0.3, -0.25) is 4.79 Å². The average Bonchev–Trinajstić information content (AvgIpc) is 2.20. The molecule has 0 aliphatic heterocycles. The Kier molecular flexibility index (Phi) is 7.95. The Labute approximate surface area is 91.5 Å². The largest absolute Gasteiger partial charge is 0.393 e. The van der Waals surface area contributed by atoms with Gasteiger partial charge in [-0.15, -0.1) is 6.58 Å². The van der Waals surface area contributed by atoms with Crippen LogP contribution in [0.1, 0.15) is 19.8 Å². The lowest BCUT2D eigenvalue weighted by atomic mass is 10.2. The predicted molar refractivity (Wildman–Crippen MR) is 59.6 cm³/mol. The van der Waals surface area contributed by atoms with Gasteiger partial charge in [0.2, 0.25) is 5.91 Å². The Morgan fingerprint density at radius 1 is 1.67 bits per heavy atom. The Morgan fingerprint density at radius 2 is 2.33 bits per heavy atom. The fourth-order valence-corrected chi connectivity index (χ4v) is 1.17. The Morgan fingerprint density at radius 3 is 2.80 bits per heavy atom. The van der Waals surface area contributed by atoms with Crippen LogP contribution in [0.5, 0.6) is 0 Å². The summed E-state index contributed by atoms with van der Waals surface area (Å²) in [6.07, 6.45) is 2.13. The Hall–Kier alpha value is -0.870. The highest BCUT2D eigenvalue weighted by Gasteiger charge is 2.12. The average molecular weight is 215 g/mol. The zero-order valence-electron chi connectivity index (χ0n) is 9.61. The standard InChI is InChI=1S/C11H21NO3/c1-4-7-12(8-9-15-3)11(14)6-5-10(2)13/h4,10,13H,1,5-9H2,2-3H3. The summed E-state index contributed by atoms with van der Waals surface area (Å²) < 4.78 is 4.92. The maximum Gasteiger partial charge on any atom is 0.223 e. The van der Waals surface area contributed by atoms with E-state index in [-0.39, 0.29) is 5.91 Å². The molecule has 0 heterocycles. The molecule has 0 aliphatic rings. The van der Waals surface area contributed by atoms with E-state index in [1.165, 1.54) is 0 Å². The molecular weight excluding hydrogens is 194 g/mol. The van der Waals surface area contributed by atoms with Crippen LogP contribution in [0.2, 0.25) is 0 Å². The molecular formula is C11H21NO3. The van der Waals surface area contributed by atoms with Crippen molar-refractivity contribution in [1.82, 2.24) is 4.90 Å². The first-order valence-corrected chi connectivity index (χ1v) is 5.17. The van der Waals surface area contributed by atoms with Crippen LogP contribution in [0.25, 0.3) is 0 Å². The second-order valence-corrected chi connectivity index (χ2v) is 3.51. The van der Waals surface area contributed by atoms with Gasteiger partial charge < -0.3 is 14.7 Å². The molecule has 0 spiro atoms. The number of rotatable bonds is 8. The van der Waals surface area contributed by atoms with Crippen LogP contribution in [0.4, 0.5) is 0 Å². The Bertz CT molecular complexity index is 192. The number of methoxy groups -OCH3 is 1. The molecule has 4 heteroatoms. The SMILES string of the molecule is C=CCN(CCOC)C(=O)CCC(C)O. The highest BCUT2D eigenvalue weighted by molar-refractivity contribution is 5.76. The minimum atomic E-state index is -0.429. The lowest BCUT2D eigenvalue weighted by Crippen LogP contribution is -2.34. The smallest absolute Gasteiger partial charge is 0.223 e. The highest BCUT2D eigenvalue weighted by Crippen LogP contribution is 2.01. The van der Waals surface area contributed by atoms with Crippen molar-refractivity contribution in [3.8, 4) is 0 Å². The van der Waals surface area contributed by atoms with Gasteiger partial charge in [-0.1, -0.05) is 6.08 Å². The van der Waals surface area contributed by atoms with E-state index in [0.29, 0.717) is 32.5 Å². The number of ether oxygens (including phenoxy) is 1. The fourth-order valence-electron chi connectivity index (χ4n) is 1.17. The maximum atomic E-state index is 11.7. The van der Waals surface area contributed by atoms with Crippen LogP contribution in [-0.4, -0.2) is 48.8 Å². The molecule has 15 heavy (non-hydrogen) atoms. The third-order valence-corrected chi connectivity index (χ3v) is 2.04. The number of aliphatic hydroxyl groups excluding tert-OH is 1. The molecule has 88 valence electrons. The lowest BCUT2D eigenvalue weighted by Gasteiger charge is -2.20. The molecule has 0 aliphatic carbocycles. The monoisotopic (exact) mass is 215 g/mol. The van der Waals surface area contributed by atoms with E-state index in [1.807, 2.05) is 0 Å². The van der Waals surface area contributed by atoms with E-state index in [0.717, 1.165) is 0 Å². The van der Waals surface area contributed by atoms with Crippen LogP contribution in [0.15, 0.2) is 12.7 Å². The van der Waals surface area contributed by atoms with E-state index >= 15 is 0 Å². The molecule has 1 atom stereocenters. The van der Waals surface area contributed by atoms with Gasteiger partial charge >= 0.3 is 0 Å². The van der Waals surface area contributed by atoms with E-state index < -0.39 is 6.10 Å². The zero-order valence-corrected chi connectivity index (χ0v) is 9.61. The minimum absolute atomic E-state index is 0.0350. The van der Waals surface area contributed by atoms with E-state index in [2.05, 4.69) is 6.58 Å². The first-order valence-electron chi connectivity index (χ1n) is 5.17. The normalized spacial score (nSPS) is 12.2. The lowest BCUT2D eigenvalue weighted by molar-refractivity contribution is -0.131. The fraction of sp³-hybridized carbons (Fsp3) is 0.727. The van der Waals surface area contributed by atoms with Gasteiger partial charge in [0.05, 0.1) is 12.7 Å². The number of hydrogen-bond acceptors (Lipinski definition) is 3. The molecule has 0 radical (unpaired) electrons. The van der Waals surface area contributed by atoms with Crippen LogP contribution in [0.3, 0.4) is 0 Å². The quantitative estimate of drug-likeness (QED) is 0.609. The van der Waals surface area contributed by atoms with Gasteiger partial charge in [0.1, 0.15) is 0 Å². The van der Waals surface area contributed by atoms with Gasteiger partial charge in [-0.2, -0.15) is 0 Å². The third-order valence-electron chi connectivity index (χ3n) is 2.04. The molecule has 1 amide bonds. The third kappa shape index (κ3) is 7.11. The van der Waals surface area contributed by atoms with Crippen LogP contribution in [0, 0.1) is 0 Å².